The molecule has 0 aliphatic rings. The van der Waals surface area contributed by atoms with Crippen LogP contribution in [0.5, 0.6) is 28.7 Å². The molecule has 4 rings (SSSR count). The lowest BCUT2D eigenvalue weighted by Crippen LogP contribution is -2.05. The van der Waals surface area contributed by atoms with Crippen LogP contribution in [0.3, 0.4) is 0 Å². The van der Waals surface area contributed by atoms with E-state index in [2.05, 4.69) is 4.98 Å². The van der Waals surface area contributed by atoms with Gasteiger partial charge < -0.3 is 28.7 Å². The van der Waals surface area contributed by atoms with Gasteiger partial charge in [-0.15, -0.1) is 0 Å². The second kappa shape index (κ2) is 9.16. The van der Waals surface area contributed by atoms with E-state index in [1.54, 1.807) is 26.4 Å². The number of hydrogen-bond acceptors (Lipinski definition) is 6. The molecule has 1 heterocycles. The smallest absolute Gasteiger partial charge is 0.203 e. The third kappa shape index (κ3) is 3.82. The summed E-state index contributed by atoms with van der Waals surface area (Å²) in [5, 5.41) is 0.699. The van der Waals surface area contributed by atoms with Crippen LogP contribution >= 0.6 is 0 Å². The molecule has 170 valence electrons. The maximum Gasteiger partial charge on any atom is 0.203 e. The van der Waals surface area contributed by atoms with Crippen molar-refractivity contribution in [2.45, 2.75) is 0 Å². The summed E-state index contributed by atoms with van der Waals surface area (Å²) in [5.41, 5.74) is 3.18. The van der Waals surface area contributed by atoms with Crippen LogP contribution in [0, 0.1) is 0 Å². The second-order valence-corrected chi connectivity index (χ2v) is 7.23. The topological polar surface area (TPSA) is 79.0 Å². The highest BCUT2D eigenvalue weighted by Crippen LogP contribution is 2.41. The van der Waals surface area contributed by atoms with Gasteiger partial charge in [0.2, 0.25) is 5.75 Å². The predicted octanol–water partition coefficient (Wildman–Crippen LogP) is 5.11. The lowest BCUT2D eigenvalue weighted by atomic mass is 9.96. The number of ether oxygens (including phenoxy) is 5. The van der Waals surface area contributed by atoms with Gasteiger partial charge in [-0.3, -0.25) is 4.79 Å². The molecule has 0 radical (unpaired) electrons. The SMILES string of the molecule is COc1ccc(-c2[nH]c3cccc(OC)c3c2C(=O)c2cc(OC)c(OC)c(OC)c2)cc1. The van der Waals surface area contributed by atoms with Crippen LogP contribution in [0.25, 0.3) is 22.2 Å². The maximum atomic E-state index is 14.0. The van der Waals surface area contributed by atoms with Gasteiger partial charge in [0.25, 0.3) is 0 Å². The van der Waals surface area contributed by atoms with Crippen molar-refractivity contribution in [3.8, 4) is 40.0 Å². The van der Waals surface area contributed by atoms with Crippen molar-refractivity contribution in [1.29, 1.82) is 0 Å². The summed E-state index contributed by atoms with van der Waals surface area (Å²) in [4.78, 5) is 17.4. The fraction of sp³-hybridized carbons (Fsp3) is 0.192. The summed E-state index contributed by atoms with van der Waals surface area (Å²) < 4.78 is 27.2. The molecule has 0 aliphatic heterocycles. The van der Waals surface area contributed by atoms with Crippen molar-refractivity contribution < 1.29 is 28.5 Å². The number of carbonyl (C=O) groups excluding carboxylic acids is 1. The van der Waals surface area contributed by atoms with Gasteiger partial charge in [-0.2, -0.15) is 0 Å². The molecule has 1 N–H and O–H groups in total. The van der Waals surface area contributed by atoms with E-state index in [0.717, 1.165) is 16.8 Å². The maximum absolute atomic E-state index is 14.0. The molecule has 0 saturated carbocycles. The summed E-state index contributed by atoms with van der Waals surface area (Å²) in [7, 11) is 7.75. The monoisotopic (exact) mass is 447 g/mol. The fourth-order valence-electron chi connectivity index (χ4n) is 3.94. The largest absolute Gasteiger partial charge is 0.497 e. The van der Waals surface area contributed by atoms with Crippen molar-refractivity contribution >= 4 is 16.7 Å². The fourth-order valence-corrected chi connectivity index (χ4v) is 3.94. The van der Waals surface area contributed by atoms with E-state index in [1.165, 1.54) is 21.3 Å². The molecule has 0 spiro atoms. The Balaban J connectivity index is 1.98. The Kier molecular flexibility index (Phi) is 6.13. The first-order chi connectivity index (χ1) is 16.1. The predicted molar refractivity (Wildman–Crippen MR) is 126 cm³/mol. The number of H-pyrrole nitrogens is 1. The van der Waals surface area contributed by atoms with Gasteiger partial charge in [0.15, 0.2) is 17.3 Å². The lowest BCUT2D eigenvalue weighted by Gasteiger charge is -2.14. The standard InChI is InChI=1S/C26H25NO6/c1-29-17-11-9-15(10-12-17)24-23(22-18(27-24)7-6-8-19(22)30-2)25(28)16-13-20(31-3)26(33-5)21(14-16)32-4/h6-14,27H,1-5H3. The van der Waals surface area contributed by atoms with Gasteiger partial charge >= 0.3 is 0 Å². The number of aromatic amines is 1. The van der Waals surface area contributed by atoms with Crippen LogP contribution < -0.4 is 23.7 Å². The Morgan fingerprint density at radius 3 is 1.91 bits per heavy atom. The van der Waals surface area contributed by atoms with Gasteiger partial charge in [-0.05, 0) is 54.1 Å². The van der Waals surface area contributed by atoms with Crippen molar-refractivity contribution in [2.75, 3.05) is 35.5 Å². The van der Waals surface area contributed by atoms with E-state index in [-0.39, 0.29) is 5.78 Å². The minimum atomic E-state index is -0.212. The Labute approximate surface area is 191 Å². The first kappa shape index (κ1) is 22.1. The summed E-state index contributed by atoms with van der Waals surface area (Å²) in [6, 6.07) is 16.4. The van der Waals surface area contributed by atoms with Crippen LogP contribution in [0.2, 0.25) is 0 Å². The van der Waals surface area contributed by atoms with Gasteiger partial charge in [0, 0.05) is 5.56 Å². The molecule has 4 aromatic rings. The van der Waals surface area contributed by atoms with Gasteiger partial charge in [0.05, 0.1) is 57.7 Å². The first-order valence-corrected chi connectivity index (χ1v) is 10.2. The highest BCUT2D eigenvalue weighted by atomic mass is 16.5. The molecule has 0 saturated heterocycles. The number of carbonyl (C=O) groups is 1. The van der Waals surface area contributed by atoms with E-state index >= 15 is 0 Å². The minimum Gasteiger partial charge on any atom is -0.497 e. The number of aromatic nitrogens is 1. The Morgan fingerprint density at radius 1 is 0.727 bits per heavy atom. The highest BCUT2D eigenvalue weighted by Gasteiger charge is 2.26. The number of ketones is 1. The minimum absolute atomic E-state index is 0.212. The van der Waals surface area contributed by atoms with Crippen molar-refractivity contribution in [1.82, 2.24) is 4.98 Å². The molecular weight excluding hydrogens is 422 g/mol. The first-order valence-electron chi connectivity index (χ1n) is 10.2. The zero-order valence-electron chi connectivity index (χ0n) is 19.1. The molecule has 0 unspecified atom stereocenters. The number of benzene rings is 3. The van der Waals surface area contributed by atoms with Crippen LogP contribution in [0.15, 0.2) is 54.6 Å². The number of fused-ring (bicyclic) bond motifs is 1. The number of hydrogen-bond donors (Lipinski definition) is 1. The highest BCUT2D eigenvalue weighted by molar-refractivity contribution is 6.22. The average Bonchev–Trinajstić information content (AvgIpc) is 3.27. The number of methoxy groups -OCH3 is 5. The van der Waals surface area contributed by atoms with Crippen LogP contribution in [-0.4, -0.2) is 46.3 Å². The molecule has 0 amide bonds. The molecule has 33 heavy (non-hydrogen) atoms. The van der Waals surface area contributed by atoms with E-state index < -0.39 is 0 Å². The van der Waals surface area contributed by atoms with E-state index in [4.69, 9.17) is 23.7 Å². The summed E-state index contributed by atoms with van der Waals surface area (Å²) >= 11 is 0. The molecule has 0 atom stereocenters. The Bertz CT molecular complexity index is 1280. The third-order valence-corrected chi connectivity index (χ3v) is 5.54. The quantitative estimate of drug-likeness (QED) is 0.378. The summed E-state index contributed by atoms with van der Waals surface area (Å²) in [6.07, 6.45) is 0. The molecule has 1 aromatic heterocycles. The molecule has 7 heteroatoms. The molecular formula is C26H25NO6. The normalized spacial score (nSPS) is 10.7. The average molecular weight is 447 g/mol. The summed E-state index contributed by atoms with van der Waals surface area (Å²) in [6.45, 7) is 0. The Morgan fingerprint density at radius 2 is 1.36 bits per heavy atom. The van der Waals surface area contributed by atoms with Crippen LogP contribution in [0.1, 0.15) is 15.9 Å². The second-order valence-electron chi connectivity index (χ2n) is 7.23. The number of nitrogens with one attached hydrogen (secondary N) is 1. The van der Waals surface area contributed by atoms with Gasteiger partial charge in [-0.1, -0.05) is 6.07 Å². The van der Waals surface area contributed by atoms with Gasteiger partial charge in [-0.25, -0.2) is 0 Å². The molecule has 3 aromatic carbocycles. The molecule has 0 bridgehead atoms. The zero-order valence-corrected chi connectivity index (χ0v) is 19.1. The van der Waals surface area contributed by atoms with Crippen molar-refractivity contribution in [3.63, 3.8) is 0 Å². The summed E-state index contributed by atoms with van der Waals surface area (Å²) in [5.74, 6) is 2.33. The van der Waals surface area contributed by atoms with E-state index in [0.29, 0.717) is 45.2 Å². The van der Waals surface area contributed by atoms with Gasteiger partial charge in [0.1, 0.15) is 11.5 Å². The molecule has 0 fully saturated rings. The van der Waals surface area contributed by atoms with E-state index in [1.807, 2.05) is 42.5 Å². The van der Waals surface area contributed by atoms with Crippen LogP contribution in [-0.2, 0) is 0 Å². The lowest BCUT2D eigenvalue weighted by molar-refractivity contribution is 0.104. The third-order valence-electron chi connectivity index (χ3n) is 5.54. The van der Waals surface area contributed by atoms with Crippen molar-refractivity contribution in [2.24, 2.45) is 0 Å². The number of rotatable bonds is 8. The van der Waals surface area contributed by atoms with Crippen LogP contribution in [0.4, 0.5) is 0 Å². The molecule has 0 aliphatic carbocycles. The molecule has 7 nitrogen and oxygen atoms in total. The van der Waals surface area contributed by atoms with E-state index in [9.17, 15) is 4.79 Å². The Hall–Kier alpha value is -4.13. The zero-order chi connectivity index (χ0) is 23.5. The van der Waals surface area contributed by atoms with Crippen molar-refractivity contribution in [3.05, 3.63) is 65.7 Å².